The summed E-state index contributed by atoms with van der Waals surface area (Å²) in [6, 6.07) is 13.5. The molecule has 130 valence electrons. The second-order valence-electron chi connectivity index (χ2n) is 6.16. The highest BCUT2D eigenvalue weighted by molar-refractivity contribution is 7.09. The molecule has 1 amide bonds. The number of thiazole rings is 1. The lowest BCUT2D eigenvalue weighted by molar-refractivity contribution is 0.0938. The number of aryl methyl sites for hydroxylation is 1. The second-order valence-corrected chi connectivity index (χ2v) is 7.22. The molecule has 0 aliphatic rings. The third-order valence-electron chi connectivity index (χ3n) is 4.21. The lowest BCUT2D eigenvalue weighted by atomic mass is 10.2. The normalized spacial score (nSPS) is 12.2. The monoisotopic (exact) mass is 362 g/mol. The van der Waals surface area contributed by atoms with E-state index in [1.54, 1.807) is 17.4 Å². The van der Waals surface area contributed by atoms with Gasteiger partial charge in [-0.2, -0.15) is 0 Å². The van der Waals surface area contributed by atoms with Gasteiger partial charge in [0, 0.05) is 23.3 Å². The van der Waals surface area contributed by atoms with E-state index in [-0.39, 0.29) is 11.9 Å². The van der Waals surface area contributed by atoms with Crippen LogP contribution in [0.4, 0.5) is 0 Å². The van der Waals surface area contributed by atoms with Gasteiger partial charge in [-0.25, -0.2) is 9.97 Å². The molecule has 4 aromatic rings. The van der Waals surface area contributed by atoms with Crippen molar-refractivity contribution in [2.24, 2.45) is 0 Å². The molecule has 3 aromatic heterocycles. The number of carbonyl (C=O) groups excluding carboxylic acids is 1. The van der Waals surface area contributed by atoms with Crippen LogP contribution in [0, 0.1) is 6.92 Å². The SMILES string of the molecule is Cc1nc([C@H](C)NC(=O)c2ccc3nc(-c4ccccc4)cn3c2)cs1. The van der Waals surface area contributed by atoms with Gasteiger partial charge in [-0.15, -0.1) is 11.3 Å². The average Bonchev–Trinajstić information content (AvgIpc) is 3.28. The Morgan fingerprint density at radius 3 is 2.65 bits per heavy atom. The summed E-state index contributed by atoms with van der Waals surface area (Å²) in [4.78, 5) is 21.6. The highest BCUT2D eigenvalue weighted by Gasteiger charge is 2.14. The molecule has 1 N–H and O–H groups in total. The van der Waals surface area contributed by atoms with Gasteiger partial charge in [0.2, 0.25) is 0 Å². The molecule has 1 aromatic carbocycles. The Morgan fingerprint density at radius 2 is 1.92 bits per heavy atom. The summed E-state index contributed by atoms with van der Waals surface area (Å²) in [6.07, 6.45) is 3.75. The van der Waals surface area contributed by atoms with Crippen molar-refractivity contribution in [3.63, 3.8) is 0 Å². The van der Waals surface area contributed by atoms with Crippen molar-refractivity contribution in [2.45, 2.75) is 19.9 Å². The number of benzene rings is 1. The summed E-state index contributed by atoms with van der Waals surface area (Å²) < 4.78 is 1.88. The van der Waals surface area contributed by atoms with Gasteiger partial charge in [0.1, 0.15) is 5.65 Å². The van der Waals surface area contributed by atoms with Crippen molar-refractivity contribution in [2.75, 3.05) is 0 Å². The van der Waals surface area contributed by atoms with E-state index in [1.807, 2.05) is 72.4 Å². The van der Waals surface area contributed by atoms with E-state index in [0.29, 0.717) is 5.56 Å². The summed E-state index contributed by atoms with van der Waals surface area (Å²) in [5.74, 6) is -0.125. The Hall–Kier alpha value is -2.99. The minimum Gasteiger partial charge on any atom is -0.344 e. The molecular formula is C20H18N4OS. The molecule has 3 heterocycles. The van der Waals surface area contributed by atoms with Crippen molar-refractivity contribution in [3.05, 3.63) is 76.5 Å². The molecule has 0 spiro atoms. The van der Waals surface area contributed by atoms with E-state index in [4.69, 9.17) is 0 Å². The molecule has 0 saturated heterocycles. The fourth-order valence-corrected chi connectivity index (χ4v) is 3.51. The van der Waals surface area contributed by atoms with Gasteiger partial charge in [-0.3, -0.25) is 4.79 Å². The Balaban J connectivity index is 1.57. The zero-order valence-electron chi connectivity index (χ0n) is 14.5. The number of fused-ring (bicyclic) bond motifs is 1. The van der Waals surface area contributed by atoms with Crippen LogP contribution in [0.2, 0.25) is 0 Å². The Labute approximate surface area is 155 Å². The van der Waals surface area contributed by atoms with Crippen LogP contribution >= 0.6 is 11.3 Å². The Kier molecular flexibility index (Phi) is 4.26. The number of pyridine rings is 1. The van der Waals surface area contributed by atoms with Crippen molar-refractivity contribution in [1.29, 1.82) is 0 Å². The van der Waals surface area contributed by atoms with Crippen molar-refractivity contribution >= 4 is 22.9 Å². The van der Waals surface area contributed by atoms with Crippen LogP contribution < -0.4 is 5.32 Å². The maximum Gasteiger partial charge on any atom is 0.253 e. The van der Waals surface area contributed by atoms with Crippen molar-refractivity contribution in [1.82, 2.24) is 19.7 Å². The van der Waals surface area contributed by atoms with Gasteiger partial charge in [-0.1, -0.05) is 30.3 Å². The van der Waals surface area contributed by atoms with Gasteiger partial charge in [0.15, 0.2) is 0 Å². The van der Waals surface area contributed by atoms with Gasteiger partial charge in [0.25, 0.3) is 5.91 Å². The Morgan fingerprint density at radius 1 is 1.12 bits per heavy atom. The number of hydrogen-bond donors (Lipinski definition) is 1. The molecule has 0 bridgehead atoms. The molecule has 4 rings (SSSR count). The molecule has 0 saturated carbocycles. The quantitative estimate of drug-likeness (QED) is 0.590. The number of imidazole rings is 1. The lowest BCUT2D eigenvalue weighted by Crippen LogP contribution is -2.27. The average molecular weight is 362 g/mol. The molecule has 6 heteroatoms. The molecule has 0 aliphatic heterocycles. The number of nitrogens with zero attached hydrogens (tertiary/aromatic N) is 3. The first kappa shape index (κ1) is 16.5. The van der Waals surface area contributed by atoms with E-state index < -0.39 is 0 Å². The Bertz CT molecular complexity index is 1070. The number of rotatable bonds is 4. The predicted molar refractivity (Wildman–Crippen MR) is 103 cm³/mol. The van der Waals surface area contributed by atoms with E-state index in [0.717, 1.165) is 27.6 Å². The van der Waals surface area contributed by atoms with Crippen LogP contribution in [0.25, 0.3) is 16.9 Å². The first-order chi connectivity index (χ1) is 12.6. The van der Waals surface area contributed by atoms with Gasteiger partial charge >= 0.3 is 0 Å². The van der Waals surface area contributed by atoms with Crippen LogP contribution in [0.15, 0.2) is 60.2 Å². The second kappa shape index (κ2) is 6.72. The maximum absolute atomic E-state index is 12.6. The largest absolute Gasteiger partial charge is 0.344 e. The number of aromatic nitrogens is 3. The highest BCUT2D eigenvalue weighted by atomic mass is 32.1. The van der Waals surface area contributed by atoms with Gasteiger partial charge < -0.3 is 9.72 Å². The third-order valence-corrected chi connectivity index (χ3v) is 5.00. The summed E-state index contributed by atoms with van der Waals surface area (Å²) in [6.45, 7) is 3.90. The molecule has 0 unspecified atom stereocenters. The molecule has 5 nitrogen and oxygen atoms in total. The zero-order valence-corrected chi connectivity index (χ0v) is 15.3. The number of hydrogen-bond acceptors (Lipinski definition) is 4. The summed E-state index contributed by atoms with van der Waals surface area (Å²) in [5.41, 5.74) is 4.22. The lowest BCUT2D eigenvalue weighted by Gasteiger charge is -2.11. The van der Waals surface area contributed by atoms with Crippen molar-refractivity contribution in [3.8, 4) is 11.3 Å². The van der Waals surface area contributed by atoms with Crippen LogP contribution in [0.3, 0.4) is 0 Å². The topological polar surface area (TPSA) is 59.3 Å². The van der Waals surface area contributed by atoms with E-state index >= 15 is 0 Å². The van der Waals surface area contributed by atoms with Gasteiger partial charge in [-0.05, 0) is 26.0 Å². The summed E-state index contributed by atoms with van der Waals surface area (Å²) >= 11 is 1.58. The number of nitrogens with one attached hydrogen (secondary N) is 1. The molecule has 26 heavy (non-hydrogen) atoms. The maximum atomic E-state index is 12.6. The molecular weight excluding hydrogens is 344 g/mol. The highest BCUT2D eigenvalue weighted by Crippen LogP contribution is 2.20. The van der Waals surface area contributed by atoms with Crippen LogP contribution in [0.5, 0.6) is 0 Å². The van der Waals surface area contributed by atoms with Crippen LogP contribution in [0.1, 0.15) is 34.0 Å². The third kappa shape index (κ3) is 3.23. The smallest absolute Gasteiger partial charge is 0.253 e. The fraction of sp³-hybridized carbons (Fsp3) is 0.150. The summed E-state index contributed by atoms with van der Waals surface area (Å²) in [7, 11) is 0. The van der Waals surface area contributed by atoms with Crippen LogP contribution in [-0.4, -0.2) is 20.3 Å². The fourth-order valence-electron chi connectivity index (χ4n) is 2.81. The first-order valence-electron chi connectivity index (χ1n) is 8.37. The zero-order chi connectivity index (χ0) is 18.1. The number of carbonyl (C=O) groups is 1. The van der Waals surface area contributed by atoms with Gasteiger partial charge in [0.05, 0.1) is 28.0 Å². The number of amides is 1. The first-order valence-corrected chi connectivity index (χ1v) is 9.25. The van der Waals surface area contributed by atoms with E-state index in [2.05, 4.69) is 15.3 Å². The minimum atomic E-state index is -0.134. The molecule has 0 aliphatic carbocycles. The molecule has 1 atom stereocenters. The van der Waals surface area contributed by atoms with E-state index in [9.17, 15) is 4.79 Å². The van der Waals surface area contributed by atoms with E-state index in [1.165, 1.54) is 0 Å². The minimum absolute atomic E-state index is 0.125. The molecule has 0 radical (unpaired) electrons. The molecule has 0 fully saturated rings. The standard InChI is InChI=1S/C20H18N4OS/c1-13(18-12-26-14(2)22-18)21-20(25)16-8-9-19-23-17(11-24(19)10-16)15-6-4-3-5-7-15/h3-13H,1-2H3,(H,21,25)/t13-/m0/s1. The van der Waals surface area contributed by atoms with Crippen molar-refractivity contribution < 1.29 is 4.79 Å². The predicted octanol–water partition coefficient (Wildman–Crippen LogP) is 4.26. The van der Waals surface area contributed by atoms with Crippen LogP contribution in [-0.2, 0) is 0 Å². The summed E-state index contributed by atoms with van der Waals surface area (Å²) in [5, 5.41) is 5.97.